The molecule has 2 aliphatic heterocycles. The van der Waals surface area contributed by atoms with E-state index in [9.17, 15) is 38.7 Å². The van der Waals surface area contributed by atoms with Gasteiger partial charge in [-0.3, -0.25) is 19.2 Å². The maximum atomic E-state index is 13.8. The Kier molecular flexibility index (Phi) is 15.2. The van der Waals surface area contributed by atoms with Gasteiger partial charge in [-0.05, 0) is 36.4 Å². The average Bonchev–Trinajstić information content (AvgIpc) is 3.21. The largest absolute Gasteiger partial charge is 0.463 e. The summed E-state index contributed by atoms with van der Waals surface area (Å²) in [6.07, 6.45) is -17.4. The molecule has 2 heterocycles. The second kappa shape index (κ2) is 20.5. The highest BCUT2D eigenvalue weighted by molar-refractivity contribution is 5.91. The fourth-order valence-corrected chi connectivity index (χ4v) is 6.25. The van der Waals surface area contributed by atoms with E-state index in [4.69, 9.17) is 47.4 Å². The van der Waals surface area contributed by atoms with Crippen molar-refractivity contribution in [3.05, 3.63) is 108 Å². The van der Waals surface area contributed by atoms with Gasteiger partial charge in [0.2, 0.25) is 0 Å². The number of esters is 7. The van der Waals surface area contributed by atoms with Gasteiger partial charge in [0.25, 0.3) is 0 Å². The second-order valence-electron chi connectivity index (χ2n) is 13.2. The minimum atomic E-state index is -2.05. The molecule has 0 amide bonds. The Hall–Kier alpha value is -6.21. The first-order chi connectivity index (χ1) is 28.2. The molecule has 0 saturated carbocycles. The summed E-state index contributed by atoms with van der Waals surface area (Å²) in [7, 11) is 0. The van der Waals surface area contributed by atoms with Gasteiger partial charge in [-0.25, -0.2) is 14.4 Å². The molecule has 10 atom stereocenters. The van der Waals surface area contributed by atoms with Crippen LogP contribution >= 0.6 is 0 Å². The highest BCUT2D eigenvalue weighted by Gasteiger charge is 2.57. The molecule has 314 valence electrons. The normalized spacial score (nSPS) is 26.3. The summed E-state index contributed by atoms with van der Waals surface area (Å²) in [6.45, 7) is 2.88. The maximum absolute atomic E-state index is 13.8. The van der Waals surface area contributed by atoms with Gasteiger partial charge < -0.3 is 52.5 Å². The Balaban J connectivity index is 1.61. The van der Waals surface area contributed by atoms with Crippen molar-refractivity contribution in [3.8, 4) is 0 Å². The minimum Gasteiger partial charge on any atom is -0.463 e. The lowest BCUT2D eigenvalue weighted by atomic mass is 9.96. The van der Waals surface area contributed by atoms with Crippen LogP contribution in [0.2, 0.25) is 0 Å². The van der Waals surface area contributed by atoms with E-state index in [0.29, 0.717) is 0 Å². The van der Waals surface area contributed by atoms with Crippen molar-refractivity contribution in [2.24, 2.45) is 0 Å². The third kappa shape index (κ3) is 11.9. The topological polar surface area (TPSA) is 232 Å². The molecule has 0 bridgehead atoms. The monoisotopic (exact) mass is 822 g/mol. The number of hydrogen-bond donors (Lipinski definition) is 1. The molecule has 0 unspecified atom stereocenters. The summed E-state index contributed by atoms with van der Waals surface area (Å²) < 4.78 is 57.4. The van der Waals surface area contributed by atoms with Crippen LogP contribution in [0.25, 0.3) is 0 Å². The van der Waals surface area contributed by atoms with Crippen LogP contribution in [0.3, 0.4) is 0 Å². The molecular weight excluding hydrogens is 780 g/mol. The van der Waals surface area contributed by atoms with Gasteiger partial charge in [0.05, 0.1) is 16.7 Å². The zero-order chi connectivity index (χ0) is 42.6. The average molecular weight is 823 g/mol. The van der Waals surface area contributed by atoms with Crippen LogP contribution in [0.4, 0.5) is 0 Å². The second-order valence-corrected chi connectivity index (χ2v) is 13.2. The number of hydrogen-bond acceptors (Lipinski definition) is 18. The number of carbonyl (C=O) groups is 7. The Morgan fingerprint density at radius 3 is 1.36 bits per heavy atom. The molecule has 0 spiro atoms. The van der Waals surface area contributed by atoms with E-state index < -0.39 is 116 Å². The Bertz CT molecular complexity index is 1940. The standard InChI is InChI=1S/C41H42O18/c1-22(42)50-20-30-31(52-23(2)43)34(53-24(3)44)36(54-25(4)45)41(56-30)59-32-29(21-51-37(46)26-14-8-5-9-15-26)55-40(49)35(58-39(48)28-18-12-7-13-19-28)33(32)57-38(47)27-16-10-6-11-17-27/h5-19,29-36,40-41,49H,20-21H2,1-4H3/t29-,30-,31+,32-,33+,34+,35+,36-,40+,41-/m1/s1. The molecule has 2 fully saturated rings. The van der Waals surface area contributed by atoms with Gasteiger partial charge in [0.15, 0.2) is 43.1 Å². The van der Waals surface area contributed by atoms with Crippen molar-refractivity contribution in [2.45, 2.75) is 89.1 Å². The first-order valence-corrected chi connectivity index (χ1v) is 18.3. The quantitative estimate of drug-likeness (QED) is 0.182. The van der Waals surface area contributed by atoms with E-state index >= 15 is 0 Å². The fourth-order valence-electron chi connectivity index (χ4n) is 6.25. The van der Waals surface area contributed by atoms with Crippen LogP contribution in [0.15, 0.2) is 91.0 Å². The number of rotatable bonds is 14. The van der Waals surface area contributed by atoms with Crippen molar-refractivity contribution in [3.63, 3.8) is 0 Å². The summed E-state index contributed by atoms with van der Waals surface area (Å²) in [5.74, 6) is -6.31. The predicted molar refractivity (Wildman–Crippen MR) is 196 cm³/mol. The first kappa shape index (κ1) is 43.9. The highest BCUT2D eigenvalue weighted by atomic mass is 16.8. The third-order valence-corrected chi connectivity index (χ3v) is 8.74. The number of carbonyl (C=O) groups excluding carboxylic acids is 7. The lowest BCUT2D eigenvalue weighted by Gasteiger charge is -2.48. The van der Waals surface area contributed by atoms with Gasteiger partial charge in [-0.1, -0.05) is 54.6 Å². The fraction of sp³-hybridized carbons (Fsp3) is 0.390. The van der Waals surface area contributed by atoms with Gasteiger partial charge in [0.1, 0.15) is 31.5 Å². The molecule has 18 heteroatoms. The Morgan fingerprint density at radius 1 is 0.458 bits per heavy atom. The number of aliphatic hydroxyl groups excluding tert-OH is 1. The van der Waals surface area contributed by atoms with Crippen LogP contribution in [-0.2, 0) is 66.5 Å². The summed E-state index contributed by atoms with van der Waals surface area (Å²) in [5, 5.41) is 11.4. The van der Waals surface area contributed by atoms with Crippen LogP contribution in [-0.4, -0.2) is 122 Å². The summed E-state index contributed by atoms with van der Waals surface area (Å²) in [6, 6.07) is 23.1. The van der Waals surface area contributed by atoms with E-state index in [-0.39, 0.29) is 16.7 Å². The lowest BCUT2D eigenvalue weighted by molar-refractivity contribution is -0.355. The molecule has 18 nitrogen and oxygen atoms in total. The van der Waals surface area contributed by atoms with Gasteiger partial charge >= 0.3 is 41.8 Å². The van der Waals surface area contributed by atoms with E-state index in [2.05, 4.69) is 0 Å². The molecule has 0 aliphatic carbocycles. The summed E-state index contributed by atoms with van der Waals surface area (Å²) in [5.41, 5.74) is 0.214. The van der Waals surface area contributed by atoms with Gasteiger partial charge in [-0.15, -0.1) is 0 Å². The Morgan fingerprint density at radius 2 is 0.864 bits per heavy atom. The van der Waals surface area contributed by atoms with Gasteiger partial charge in [-0.2, -0.15) is 0 Å². The molecule has 59 heavy (non-hydrogen) atoms. The zero-order valence-corrected chi connectivity index (χ0v) is 32.2. The number of aliphatic hydroxyl groups is 1. The van der Waals surface area contributed by atoms with Crippen molar-refractivity contribution in [2.75, 3.05) is 13.2 Å². The third-order valence-electron chi connectivity index (χ3n) is 8.74. The van der Waals surface area contributed by atoms with Crippen molar-refractivity contribution in [1.29, 1.82) is 0 Å². The molecule has 3 aromatic carbocycles. The Labute approximate surface area is 337 Å². The van der Waals surface area contributed by atoms with E-state index in [1.165, 1.54) is 36.4 Å². The highest BCUT2D eigenvalue weighted by Crippen LogP contribution is 2.35. The van der Waals surface area contributed by atoms with Crippen molar-refractivity contribution in [1.82, 2.24) is 0 Å². The summed E-state index contributed by atoms with van der Waals surface area (Å²) >= 11 is 0. The maximum Gasteiger partial charge on any atom is 0.338 e. The number of benzene rings is 3. The molecule has 0 aromatic heterocycles. The molecule has 0 radical (unpaired) electrons. The smallest absolute Gasteiger partial charge is 0.338 e. The van der Waals surface area contributed by atoms with E-state index in [1.54, 1.807) is 54.6 Å². The number of ether oxygens (including phenoxy) is 10. The predicted octanol–water partition coefficient (Wildman–Crippen LogP) is 2.48. The molecule has 2 saturated heterocycles. The van der Waals surface area contributed by atoms with Crippen LogP contribution in [0.5, 0.6) is 0 Å². The molecule has 2 aliphatic rings. The van der Waals surface area contributed by atoms with Crippen molar-refractivity contribution < 1.29 is 86.0 Å². The first-order valence-electron chi connectivity index (χ1n) is 18.3. The molecule has 1 N–H and O–H groups in total. The SMILES string of the molecule is CC(=O)OC[C@H]1O[C@H](O[C@H]2[C@H](OC(=O)c3ccccc3)[C@H](OC(=O)c3ccccc3)[C@@H](O)O[C@@H]2COC(=O)c2ccccc2)[C@H](OC(C)=O)[C@@H](OC(C)=O)[C@H]1OC(C)=O. The summed E-state index contributed by atoms with van der Waals surface area (Å²) in [4.78, 5) is 89.7. The molecule has 5 rings (SSSR count). The van der Waals surface area contributed by atoms with Crippen LogP contribution < -0.4 is 0 Å². The lowest BCUT2D eigenvalue weighted by Crippen LogP contribution is -2.67. The van der Waals surface area contributed by atoms with E-state index in [1.807, 2.05) is 0 Å². The zero-order valence-electron chi connectivity index (χ0n) is 32.2. The van der Waals surface area contributed by atoms with Gasteiger partial charge in [0, 0.05) is 27.7 Å². The van der Waals surface area contributed by atoms with Crippen LogP contribution in [0, 0.1) is 0 Å². The van der Waals surface area contributed by atoms with Crippen LogP contribution in [0.1, 0.15) is 58.8 Å². The molecular formula is C41H42O18. The minimum absolute atomic E-state index is 0.0275. The van der Waals surface area contributed by atoms with Crippen molar-refractivity contribution >= 4 is 41.8 Å². The van der Waals surface area contributed by atoms with E-state index in [0.717, 1.165) is 27.7 Å². The molecule has 3 aromatic rings.